The lowest BCUT2D eigenvalue weighted by atomic mass is 10.3. The second kappa shape index (κ2) is 8.09. The standard InChI is InChI=1S/C12H19N3O3S2.ClH/c1-9(16)14-7-5-11-2-3-12(19-11)20(17,18)15-10-4-6-13-8-10;/h2-3,10,13,15H,4-8H2,1H3,(H,14,16);1H. The van der Waals surface area contributed by atoms with E-state index >= 15 is 0 Å². The Kier molecular flexibility index (Phi) is 7.08. The van der Waals surface area contributed by atoms with E-state index in [9.17, 15) is 13.2 Å². The fourth-order valence-electron chi connectivity index (χ4n) is 2.03. The van der Waals surface area contributed by atoms with Crippen molar-refractivity contribution in [1.29, 1.82) is 0 Å². The predicted molar refractivity (Wildman–Crippen MR) is 85.6 cm³/mol. The molecule has 0 spiro atoms. The van der Waals surface area contributed by atoms with Crippen molar-refractivity contribution in [1.82, 2.24) is 15.4 Å². The summed E-state index contributed by atoms with van der Waals surface area (Å²) in [5.41, 5.74) is 0. The maximum atomic E-state index is 12.2. The summed E-state index contributed by atoms with van der Waals surface area (Å²) in [7, 11) is -3.42. The molecule has 1 amide bonds. The average molecular weight is 354 g/mol. The molecule has 6 nitrogen and oxygen atoms in total. The van der Waals surface area contributed by atoms with Crippen LogP contribution in [0.25, 0.3) is 0 Å². The number of carbonyl (C=O) groups is 1. The summed E-state index contributed by atoms with van der Waals surface area (Å²) in [6.07, 6.45) is 1.46. The largest absolute Gasteiger partial charge is 0.356 e. The summed E-state index contributed by atoms with van der Waals surface area (Å²) in [5.74, 6) is -0.0789. The van der Waals surface area contributed by atoms with E-state index in [1.165, 1.54) is 18.3 Å². The molecule has 1 aromatic rings. The smallest absolute Gasteiger partial charge is 0.250 e. The molecule has 120 valence electrons. The van der Waals surface area contributed by atoms with E-state index in [1.54, 1.807) is 12.1 Å². The quantitative estimate of drug-likeness (QED) is 0.694. The van der Waals surface area contributed by atoms with Gasteiger partial charge in [0.05, 0.1) is 0 Å². The number of amides is 1. The van der Waals surface area contributed by atoms with Gasteiger partial charge in [-0.15, -0.1) is 23.7 Å². The summed E-state index contributed by atoms with van der Waals surface area (Å²) >= 11 is 1.25. The molecule has 2 heterocycles. The molecule has 0 aromatic carbocycles. The van der Waals surface area contributed by atoms with Gasteiger partial charge in [0, 0.05) is 30.9 Å². The van der Waals surface area contributed by atoms with Gasteiger partial charge in [-0.25, -0.2) is 13.1 Å². The Morgan fingerprint density at radius 1 is 1.48 bits per heavy atom. The van der Waals surface area contributed by atoms with Crippen LogP contribution in [0.4, 0.5) is 0 Å². The Bertz CT molecular complexity index is 568. The highest BCUT2D eigenvalue weighted by molar-refractivity contribution is 7.91. The summed E-state index contributed by atoms with van der Waals surface area (Å²) < 4.78 is 27.4. The Balaban J connectivity index is 0.00000220. The highest BCUT2D eigenvalue weighted by Gasteiger charge is 2.23. The SMILES string of the molecule is CC(=O)NCCc1ccc(S(=O)(=O)NC2CCNC2)s1.Cl. The monoisotopic (exact) mass is 353 g/mol. The Morgan fingerprint density at radius 3 is 2.86 bits per heavy atom. The number of hydrogen-bond acceptors (Lipinski definition) is 5. The number of rotatable bonds is 6. The summed E-state index contributed by atoms with van der Waals surface area (Å²) in [5, 5.41) is 5.82. The van der Waals surface area contributed by atoms with Crippen molar-refractivity contribution in [3.8, 4) is 0 Å². The molecule has 0 aliphatic carbocycles. The minimum Gasteiger partial charge on any atom is -0.356 e. The van der Waals surface area contributed by atoms with Crippen molar-refractivity contribution in [2.24, 2.45) is 0 Å². The van der Waals surface area contributed by atoms with E-state index in [0.29, 0.717) is 23.7 Å². The van der Waals surface area contributed by atoms with Crippen molar-refractivity contribution < 1.29 is 13.2 Å². The number of halogens is 1. The second-order valence-electron chi connectivity index (χ2n) is 4.76. The maximum Gasteiger partial charge on any atom is 0.250 e. The van der Waals surface area contributed by atoms with Crippen LogP contribution in [-0.2, 0) is 21.2 Å². The average Bonchev–Trinajstić information content (AvgIpc) is 2.99. The second-order valence-corrected chi connectivity index (χ2v) is 7.87. The van der Waals surface area contributed by atoms with Crippen LogP contribution < -0.4 is 15.4 Å². The van der Waals surface area contributed by atoms with Gasteiger partial charge in [-0.05, 0) is 31.5 Å². The van der Waals surface area contributed by atoms with Crippen molar-refractivity contribution in [2.75, 3.05) is 19.6 Å². The minimum absolute atomic E-state index is 0. The van der Waals surface area contributed by atoms with E-state index in [0.717, 1.165) is 17.8 Å². The zero-order chi connectivity index (χ0) is 14.6. The molecule has 1 fully saturated rings. The summed E-state index contributed by atoms with van der Waals surface area (Å²) in [6, 6.07) is 3.40. The lowest BCUT2D eigenvalue weighted by Crippen LogP contribution is -2.35. The molecule has 9 heteroatoms. The van der Waals surface area contributed by atoms with E-state index in [1.807, 2.05) is 0 Å². The lowest BCUT2D eigenvalue weighted by molar-refractivity contribution is -0.118. The Labute approximate surface area is 135 Å². The van der Waals surface area contributed by atoms with Gasteiger partial charge in [0.2, 0.25) is 15.9 Å². The molecule has 1 aromatic heterocycles. The third-order valence-electron chi connectivity index (χ3n) is 3.03. The van der Waals surface area contributed by atoms with Gasteiger partial charge in [-0.3, -0.25) is 4.79 Å². The number of thiophene rings is 1. The van der Waals surface area contributed by atoms with Gasteiger partial charge in [-0.2, -0.15) is 0 Å². The highest BCUT2D eigenvalue weighted by atomic mass is 35.5. The molecule has 1 aliphatic heterocycles. The molecule has 1 unspecified atom stereocenters. The number of hydrogen-bond donors (Lipinski definition) is 3. The fourth-order valence-corrected chi connectivity index (χ4v) is 4.67. The molecule has 0 bridgehead atoms. The van der Waals surface area contributed by atoms with Crippen molar-refractivity contribution in [2.45, 2.75) is 30.0 Å². The molecular weight excluding hydrogens is 334 g/mol. The maximum absolute atomic E-state index is 12.2. The first-order valence-corrected chi connectivity index (χ1v) is 8.83. The van der Waals surface area contributed by atoms with Gasteiger partial charge in [0.15, 0.2) is 0 Å². The van der Waals surface area contributed by atoms with Crippen LogP contribution >= 0.6 is 23.7 Å². The number of carbonyl (C=O) groups excluding carboxylic acids is 1. The van der Waals surface area contributed by atoms with Crippen LogP contribution in [0.15, 0.2) is 16.3 Å². The zero-order valence-electron chi connectivity index (χ0n) is 11.7. The predicted octanol–water partition coefficient (Wildman–Crippen LogP) is 0.489. The van der Waals surface area contributed by atoms with Crippen LogP contribution in [0, 0.1) is 0 Å². The van der Waals surface area contributed by atoms with Crippen LogP contribution in [0.5, 0.6) is 0 Å². The van der Waals surface area contributed by atoms with E-state index in [4.69, 9.17) is 0 Å². The number of nitrogens with one attached hydrogen (secondary N) is 3. The molecule has 2 rings (SSSR count). The van der Waals surface area contributed by atoms with Crippen molar-refractivity contribution >= 4 is 39.7 Å². The minimum atomic E-state index is -3.42. The molecule has 3 N–H and O–H groups in total. The Morgan fingerprint density at radius 2 is 2.24 bits per heavy atom. The molecule has 0 radical (unpaired) electrons. The van der Waals surface area contributed by atoms with Gasteiger partial charge in [0.25, 0.3) is 0 Å². The summed E-state index contributed by atoms with van der Waals surface area (Å²) in [6.45, 7) is 3.51. The summed E-state index contributed by atoms with van der Waals surface area (Å²) in [4.78, 5) is 11.7. The topological polar surface area (TPSA) is 87.3 Å². The number of sulfonamides is 1. The first kappa shape index (κ1) is 18.4. The molecular formula is C12H20ClN3O3S2. The van der Waals surface area contributed by atoms with Gasteiger partial charge in [0.1, 0.15) is 4.21 Å². The van der Waals surface area contributed by atoms with Crippen LogP contribution in [0.1, 0.15) is 18.2 Å². The zero-order valence-corrected chi connectivity index (χ0v) is 14.2. The van der Waals surface area contributed by atoms with Gasteiger partial charge < -0.3 is 10.6 Å². The van der Waals surface area contributed by atoms with E-state index in [2.05, 4.69) is 15.4 Å². The lowest BCUT2D eigenvalue weighted by Gasteiger charge is -2.10. The van der Waals surface area contributed by atoms with Gasteiger partial charge >= 0.3 is 0 Å². The highest BCUT2D eigenvalue weighted by Crippen LogP contribution is 2.22. The van der Waals surface area contributed by atoms with Crippen molar-refractivity contribution in [3.05, 3.63) is 17.0 Å². The molecule has 21 heavy (non-hydrogen) atoms. The fraction of sp³-hybridized carbons (Fsp3) is 0.583. The van der Waals surface area contributed by atoms with Crippen LogP contribution in [-0.4, -0.2) is 40.0 Å². The first-order valence-electron chi connectivity index (χ1n) is 6.53. The van der Waals surface area contributed by atoms with Crippen LogP contribution in [0.2, 0.25) is 0 Å². The van der Waals surface area contributed by atoms with Gasteiger partial charge in [-0.1, -0.05) is 0 Å². The van der Waals surface area contributed by atoms with E-state index in [-0.39, 0.29) is 24.4 Å². The molecule has 1 saturated heterocycles. The Hall–Kier alpha value is -0.670. The first-order chi connectivity index (χ1) is 9.47. The third-order valence-corrected chi connectivity index (χ3v) is 6.19. The van der Waals surface area contributed by atoms with Crippen LogP contribution in [0.3, 0.4) is 0 Å². The third kappa shape index (κ3) is 5.55. The van der Waals surface area contributed by atoms with E-state index < -0.39 is 10.0 Å². The molecule has 0 saturated carbocycles. The van der Waals surface area contributed by atoms with Crippen molar-refractivity contribution in [3.63, 3.8) is 0 Å². The normalized spacial score (nSPS) is 18.2. The molecule has 1 aliphatic rings. The molecule has 1 atom stereocenters.